The number of allylic oxidation sites excluding steroid dienone is 2. The minimum atomic E-state index is -0.0406. The average molecular weight is 264 g/mol. The number of hydrogen-bond donors (Lipinski definition) is 0. The molecule has 0 saturated carbocycles. The lowest BCUT2D eigenvalue weighted by atomic mass is 9.95. The van der Waals surface area contributed by atoms with E-state index in [0.717, 1.165) is 32.1 Å². The van der Waals surface area contributed by atoms with Gasteiger partial charge in [0.25, 0.3) is 0 Å². The van der Waals surface area contributed by atoms with E-state index >= 15 is 0 Å². The van der Waals surface area contributed by atoms with Crippen LogP contribution in [0.2, 0.25) is 0 Å². The zero-order valence-corrected chi connectivity index (χ0v) is 11.5. The van der Waals surface area contributed by atoms with Gasteiger partial charge in [0.15, 0.2) is 0 Å². The summed E-state index contributed by atoms with van der Waals surface area (Å²) in [5, 5.41) is 2.07. The van der Waals surface area contributed by atoms with E-state index in [0.29, 0.717) is 18.9 Å². The molecule has 18 heavy (non-hydrogen) atoms. The molecule has 2 rings (SSSR count). The maximum Gasteiger partial charge on any atom is 0.305 e. The first kappa shape index (κ1) is 13.3. The normalized spacial score (nSPS) is 18.8. The topological polar surface area (TPSA) is 26.3 Å². The molecule has 0 spiro atoms. The second-order valence-corrected chi connectivity index (χ2v) is 5.80. The second-order valence-electron chi connectivity index (χ2n) is 4.77. The highest BCUT2D eigenvalue weighted by molar-refractivity contribution is 7.09. The lowest BCUT2D eigenvalue weighted by molar-refractivity contribution is -0.145. The van der Waals surface area contributed by atoms with Gasteiger partial charge in [-0.15, -0.1) is 11.3 Å². The number of esters is 1. The molecule has 1 aromatic rings. The van der Waals surface area contributed by atoms with Crippen molar-refractivity contribution in [2.75, 3.05) is 6.61 Å². The van der Waals surface area contributed by atoms with Gasteiger partial charge in [-0.3, -0.25) is 4.79 Å². The summed E-state index contributed by atoms with van der Waals surface area (Å²) in [4.78, 5) is 12.9. The predicted molar refractivity (Wildman–Crippen MR) is 74.7 cm³/mol. The molecule has 0 amide bonds. The number of hydrogen-bond acceptors (Lipinski definition) is 3. The molecule has 0 bridgehead atoms. The lowest BCUT2D eigenvalue weighted by Crippen LogP contribution is -2.15. The summed E-state index contributed by atoms with van der Waals surface area (Å²) in [5.41, 5.74) is 0. The van der Waals surface area contributed by atoms with Crippen LogP contribution in [0.3, 0.4) is 0 Å². The van der Waals surface area contributed by atoms with Crippen LogP contribution in [-0.2, 0) is 16.0 Å². The fourth-order valence-electron chi connectivity index (χ4n) is 2.15. The minimum absolute atomic E-state index is 0.0406. The third kappa shape index (κ3) is 4.65. The van der Waals surface area contributed by atoms with Crippen molar-refractivity contribution in [1.82, 2.24) is 0 Å². The summed E-state index contributed by atoms with van der Waals surface area (Å²) >= 11 is 1.75. The molecular weight excluding hydrogens is 244 g/mol. The molecule has 1 atom stereocenters. The van der Waals surface area contributed by atoms with Crippen LogP contribution < -0.4 is 0 Å². The van der Waals surface area contributed by atoms with Crippen LogP contribution >= 0.6 is 11.3 Å². The molecule has 1 aromatic heterocycles. The molecule has 3 heteroatoms. The van der Waals surface area contributed by atoms with E-state index < -0.39 is 0 Å². The van der Waals surface area contributed by atoms with Crippen molar-refractivity contribution >= 4 is 17.3 Å². The van der Waals surface area contributed by atoms with Gasteiger partial charge in [0.05, 0.1) is 6.61 Å². The largest absolute Gasteiger partial charge is 0.465 e. The highest BCUT2D eigenvalue weighted by Crippen LogP contribution is 2.18. The van der Waals surface area contributed by atoms with Crippen molar-refractivity contribution in [3.63, 3.8) is 0 Å². The van der Waals surface area contributed by atoms with Crippen molar-refractivity contribution in [2.45, 2.75) is 38.5 Å². The Hall–Kier alpha value is -1.09. The molecule has 1 unspecified atom stereocenters. The molecule has 98 valence electrons. The zero-order chi connectivity index (χ0) is 12.6. The van der Waals surface area contributed by atoms with Crippen LogP contribution in [-0.4, -0.2) is 12.6 Å². The standard InChI is InChI=1S/C15H20O2S/c16-15(10-4-8-14-9-5-11-18-14)17-12-13-6-2-1-3-7-13/h1-2,5,9,11,13H,3-4,6-8,10,12H2. The molecule has 0 saturated heterocycles. The number of ether oxygens (including phenoxy) is 1. The molecule has 1 heterocycles. The maximum atomic E-state index is 11.6. The molecular formula is C15H20O2S. The van der Waals surface area contributed by atoms with Crippen LogP contribution in [0, 0.1) is 5.92 Å². The van der Waals surface area contributed by atoms with Crippen molar-refractivity contribution in [2.24, 2.45) is 5.92 Å². The highest BCUT2D eigenvalue weighted by atomic mass is 32.1. The third-order valence-corrected chi connectivity index (χ3v) is 4.18. The molecule has 0 fully saturated rings. The number of aryl methyl sites for hydroxylation is 1. The third-order valence-electron chi connectivity index (χ3n) is 3.24. The first-order valence-electron chi connectivity index (χ1n) is 6.67. The van der Waals surface area contributed by atoms with E-state index in [1.54, 1.807) is 11.3 Å². The molecule has 0 radical (unpaired) electrons. The fourth-order valence-corrected chi connectivity index (χ4v) is 2.90. The molecule has 1 aliphatic rings. The summed E-state index contributed by atoms with van der Waals surface area (Å²) in [6.07, 6.45) is 10.2. The fraction of sp³-hybridized carbons (Fsp3) is 0.533. The molecule has 0 aromatic carbocycles. The van der Waals surface area contributed by atoms with E-state index in [1.165, 1.54) is 4.88 Å². The Bertz CT molecular complexity index is 381. The SMILES string of the molecule is O=C(CCCc1cccs1)OCC1CC=CCC1. The molecule has 1 aliphatic carbocycles. The number of carbonyl (C=O) groups is 1. The van der Waals surface area contributed by atoms with Gasteiger partial charge < -0.3 is 4.74 Å². The van der Waals surface area contributed by atoms with E-state index in [-0.39, 0.29) is 5.97 Å². The van der Waals surface area contributed by atoms with E-state index in [4.69, 9.17) is 4.74 Å². The van der Waals surface area contributed by atoms with Gasteiger partial charge >= 0.3 is 5.97 Å². The van der Waals surface area contributed by atoms with Gasteiger partial charge in [0.1, 0.15) is 0 Å². The first-order chi connectivity index (χ1) is 8.84. The van der Waals surface area contributed by atoms with Crippen molar-refractivity contribution in [3.05, 3.63) is 34.5 Å². The Labute approximate surface area is 113 Å². The first-order valence-corrected chi connectivity index (χ1v) is 7.55. The van der Waals surface area contributed by atoms with Crippen molar-refractivity contribution in [1.29, 1.82) is 0 Å². The van der Waals surface area contributed by atoms with Crippen LogP contribution in [0.15, 0.2) is 29.7 Å². The summed E-state index contributed by atoms with van der Waals surface area (Å²) in [6.45, 7) is 0.599. The van der Waals surface area contributed by atoms with Crippen LogP contribution in [0.25, 0.3) is 0 Å². The van der Waals surface area contributed by atoms with Gasteiger partial charge in [0.2, 0.25) is 0 Å². The maximum absolute atomic E-state index is 11.6. The van der Waals surface area contributed by atoms with Crippen LogP contribution in [0.4, 0.5) is 0 Å². The van der Waals surface area contributed by atoms with Gasteiger partial charge in [-0.1, -0.05) is 18.2 Å². The summed E-state index contributed by atoms with van der Waals surface area (Å²) in [7, 11) is 0. The smallest absolute Gasteiger partial charge is 0.305 e. The molecule has 0 aliphatic heterocycles. The zero-order valence-electron chi connectivity index (χ0n) is 10.6. The Balaban J connectivity index is 1.56. The second kappa shape index (κ2) is 7.37. The minimum Gasteiger partial charge on any atom is -0.465 e. The average Bonchev–Trinajstić information content (AvgIpc) is 2.91. The summed E-state index contributed by atoms with van der Waals surface area (Å²) < 4.78 is 5.33. The van der Waals surface area contributed by atoms with Gasteiger partial charge in [-0.05, 0) is 49.5 Å². The van der Waals surface area contributed by atoms with E-state index in [9.17, 15) is 4.79 Å². The Morgan fingerprint density at radius 1 is 1.44 bits per heavy atom. The number of thiophene rings is 1. The Morgan fingerprint density at radius 2 is 2.39 bits per heavy atom. The summed E-state index contributed by atoms with van der Waals surface area (Å²) in [5.74, 6) is 0.498. The van der Waals surface area contributed by atoms with Gasteiger partial charge in [0, 0.05) is 11.3 Å². The van der Waals surface area contributed by atoms with E-state index in [2.05, 4.69) is 29.7 Å². The van der Waals surface area contributed by atoms with E-state index in [1.807, 2.05) is 0 Å². The molecule has 2 nitrogen and oxygen atoms in total. The van der Waals surface area contributed by atoms with Gasteiger partial charge in [-0.25, -0.2) is 0 Å². The van der Waals surface area contributed by atoms with Crippen LogP contribution in [0.5, 0.6) is 0 Å². The van der Waals surface area contributed by atoms with Crippen molar-refractivity contribution in [3.8, 4) is 0 Å². The highest BCUT2D eigenvalue weighted by Gasteiger charge is 2.12. The molecule has 0 N–H and O–H groups in total. The predicted octanol–water partition coefficient (Wildman–Crippen LogP) is 3.97. The number of rotatable bonds is 6. The van der Waals surface area contributed by atoms with Crippen LogP contribution in [0.1, 0.15) is 37.0 Å². The summed E-state index contributed by atoms with van der Waals surface area (Å²) in [6, 6.07) is 4.17. The quantitative estimate of drug-likeness (QED) is 0.574. The van der Waals surface area contributed by atoms with Crippen molar-refractivity contribution < 1.29 is 9.53 Å². The van der Waals surface area contributed by atoms with Gasteiger partial charge in [-0.2, -0.15) is 0 Å². The Kier molecular flexibility index (Phi) is 5.46. The number of carbonyl (C=O) groups excluding carboxylic acids is 1. The monoisotopic (exact) mass is 264 g/mol. The lowest BCUT2D eigenvalue weighted by Gasteiger charge is -2.17. The Morgan fingerprint density at radius 3 is 3.11 bits per heavy atom.